The zero-order valence-electron chi connectivity index (χ0n) is 15.9. The van der Waals surface area contributed by atoms with Gasteiger partial charge >= 0.3 is 0 Å². The summed E-state index contributed by atoms with van der Waals surface area (Å²) in [7, 11) is 0. The quantitative estimate of drug-likeness (QED) is 0.658. The fourth-order valence-electron chi connectivity index (χ4n) is 3.20. The summed E-state index contributed by atoms with van der Waals surface area (Å²) in [5.74, 6) is -0.206. The third kappa shape index (κ3) is 4.57. The first-order valence-electron chi connectivity index (χ1n) is 9.47. The number of aryl methyl sites for hydroxylation is 1. The molecule has 4 rings (SSSR count). The minimum Gasteiger partial charge on any atom is -0.379 e. The van der Waals surface area contributed by atoms with Gasteiger partial charge in [0.25, 0.3) is 0 Å². The van der Waals surface area contributed by atoms with Crippen LogP contribution in [-0.2, 0) is 17.8 Å². The second-order valence-electron chi connectivity index (χ2n) is 6.80. The number of anilines is 1. The zero-order chi connectivity index (χ0) is 19.3. The first-order chi connectivity index (χ1) is 13.7. The van der Waals surface area contributed by atoms with Gasteiger partial charge in [-0.25, -0.2) is 9.37 Å². The summed E-state index contributed by atoms with van der Waals surface area (Å²) in [6.45, 7) is 7.82. The summed E-state index contributed by atoms with van der Waals surface area (Å²) in [4.78, 5) is 8.01. The number of hydrogen-bond acceptors (Lipinski definition) is 6. The van der Waals surface area contributed by atoms with E-state index in [4.69, 9.17) is 9.84 Å². The number of nitrogens with zero attached hydrogens (tertiary/aromatic N) is 4. The summed E-state index contributed by atoms with van der Waals surface area (Å²) in [6, 6.07) is 8.81. The predicted octanol–water partition coefficient (Wildman–Crippen LogP) is 3.40. The van der Waals surface area contributed by atoms with E-state index in [2.05, 4.69) is 15.2 Å². The van der Waals surface area contributed by atoms with Gasteiger partial charge in [0, 0.05) is 37.9 Å². The molecule has 0 bridgehead atoms. The highest BCUT2D eigenvalue weighted by Gasteiger charge is 2.14. The molecule has 1 aliphatic rings. The van der Waals surface area contributed by atoms with Crippen LogP contribution in [0.4, 0.5) is 9.52 Å². The smallest absolute Gasteiger partial charge is 0.183 e. The Balaban J connectivity index is 1.38. The van der Waals surface area contributed by atoms with Gasteiger partial charge < -0.3 is 10.1 Å². The van der Waals surface area contributed by atoms with E-state index in [1.54, 1.807) is 23.5 Å². The fraction of sp³-hybridized carbons (Fsp3) is 0.400. The van der Waals surface area contributed by atoms with Crippen LogP contribution in [0.5, 0.6) is 0 Å². The first kappa shape index (κ1) is 19.0. The van der Waals surface area contributed by atoms with Gasteiger partial charge in [0.15, 0.2) is 5.13 Å². The van der Waals surface area contributed by atoms with Gasteiger partial charge in [0.2, 0.25) is 0 Å². The third-order valence-corrected chi connectivity index (χ3v) is 5.94. The molecule has 0 saturated carbocycles. The summed E-state index contributed by atoms with van der Waals surface area (Å²) in [6.07, 6.45) is 2.02. The Labute approximate surface area is 168 Å². The molecule has 8 heteroatoms. The van der Waals surface area contributed by atoms with Crippen molar-refractivity contribution in [2.75, 3.05) is 38.2 Å². The Morgan fingerprint density at radius 3 is 2.82 bits per heavy atom. The van der Waals surface area contributed by atoms with Crippen LogP contribution in [0.1, 0.15) is 11.3 Å². The maximum Gasteiger partial charge on any atom is 0.183 e. The molecule has 148 valence electrons. The van der Waals surface area contributed by atoms with Crippen molar-refractivity contribution < 1.29 is 9.13 Å². The lowest BCUT2D eigenvalue weighted by Crippen LogP contribution is -2.38. The lowest BCUT2D eigenvalue weighted by Gasteiger charge is -2.26. The molecule has 3 aromatic rings. The Morgan fingerprint density at radius 2 is 2.00 bits per heavy atom. The molecule has 2 aromatic heterocycles. The van der Waals surface area contributed by atoms with Crippen LogP contribution in [0.3, 0.4) is 0 Å². The van der Waals surface area contributed by atoms with Crippen molar-refractivity contribution in [2.24, 2.45) is 0 Å². The van der Waals surface area contributed by atoms with E-state index in [9.17, 15) is 4.39 Å². The second kappa shape index (κ2) is 8.81. The molecule has 0 spiro atoms. The number of hydrogen-bond donors (Lipinski definition) is 1. The SMILES string of the molecule is Cc1nc(NCc2ccccc2F)sc1-c1ccn(CCN2CCOCC2)n1. The van der Waals surface area contributed by atoms with Crippen molar-refractivity contribution in [2.45, 2.75) is 20.0 Å². The largest absolute Gasteiger partial charge is 0.379 e. The van der Waals surface area contributed by atoms with Crippen molar-refractivity contribution >= 4 is 16.5 Å². The first-order valence-corrected chi connectivity index (χ1v) is 10.3. The Bertz CT molecular complexity index is 919. The molecule has 0 atom stereocenters. The van der Waals surface area contributed by atoms with Crippen molar-refractivity contribution in [3.63, 3.8) is 0 Å². The molecule has 1 fully saturated rings. The van der Waals surface area contributed by atoms with Crippen molar-refractivity contribution in [3.05, 3.63) is 53.6 Å². The average Bonchev–Trinajstić information content (AvgIpc) is 3.33. The maximum atomic E-state index is 13.8. The zero-order valence-corrected chi connectivity index (χ0v) is 16.7. The van der Waals surface area contributed by atoms with Crippen molar-refractivity contribution in [1.29, 1.82) is 0 Å². The third-order valence-electron chi connectivity index (χ3n) is 4.81. The number of morpholine rings is 1. The molecule has 1 aromatic carbocycles. The van der Waals surface area contributed by atoms with Gasteiger partial charge in [-0.1, -0.05) is 29.5 Å². The summed E-state index contributed by atoms with van der Waals surface area (Å²) >= 11 is 1.55. The number of thiazole rings is 1. The summed E-state index contributed by atoms with van der Waals surface area (Å²) in [5, 5.41) is 8.71. The van der Waals surface area contributed by atoms with E-state index in [1.165, 1.54) is 6.07 Å². The maximum absolute atomic E-state index is 13.8. The monoisotopic (exact) mass is 401 g/mol. The van der Waals surface area contributed by atoms with Crippen LogP contribution in [0.2, 0.25) is 0 Å². The second-order valence-corrected chi connectivity index (χ2v) is 7.80. The van der Waals surface area contributed by atoms with Gasteiger partial charge in [0.05, 0.1) is 30.3 Å². The molecule has 0 aliphatic carbocycles. The Hall–Kier alpha value is -2.29. The molecule has 3 heterocycles. The molecule has 6 nitrogen and oxygen atoms in total. The van der Waals surface area contributed by atoms with Crippen LogP contribution in [-0.4, -0.2) is 52.5 Å². The topological polar surface area (TPSA) is 55.2 Å². The molecule has 1 aliphatic heterocycles. The van der Waals surface area contributed by atoms with Crippen LogP contribution in [0, 0.1) is 12.7 Å². The normalized spacial score (nSPS) is 15.1. The highest BCUT2D eigenvalue weighted by Crippen LogP contribution is 2.31. The molecule has 0 amide bonds. The molecule has 0 radical (unpaired) electrons. The van der Waals surface area contributed by atoms with Crippen LogP contribution >= 0.6 is 11.3 Å². The molecule has 0 unspecified atom stereocenters. The lowest BCUT2D eigenvalue weighted by molar-refractivity contribution is 0.0360. The van der Waals surface area contributed by atoms with Gasteiger partial charge in [-0.15, -0.1) is 0 Å². The Morgan fingerprint density at radius 1 is 1.18 bits per heavy atom. The number of rotatable bonds is 7. The minimum atomic E-state index is -0.206. The summed E-state index contributed by atoms with van der Waals surface area (Å²) < 4.78 is 21.1. The number of nitrogens with one attached hydrogen (secondary N) is 1. The number of ether oxygens (including phenoxy) is 1. The number of aromatic nitrogens is 3. The van der Waals surface area contributed by atoms with Crippen LogP contribution in [0.15, 0.2) is 36.5 Å². The van der Waals surface area contributed by atoms with Gasteiger partial charge in [-0.3, -0.25) is 9.58 Å². The molecular weight excluding hydrogens is 377 g/mol. The van der Waals surface area contributed by atoms with E-state index in [0.717, 1.165) is 60.8 Å². The van der Waals surface area contributed by atoms with Gasteiger partial charge in [-0.2, -0.15) is 5.10 Å². The highest BCUT2D eigenvalue weighted by molar-refractivity contribution is 7.19. The van der Waals surface area contributed by atoms with Crippen molar-refractivity contribution in [3.8, 4) is 10.6 Å². The minimum absolute atomic E-state index is 0.206. The van der Waals surface area contributed by atoms with E-state index >= 15 is 0 Å². The molecular formula is C20H24FN5OS. The fourth-order valence-corrected chi connectivity index (χ4v) is 4.13. The predicted molar refractivity (Wildman–Crippen MR) is 109 cm³/mol. The van der Waals surface area contributed by atoms with E-state index in [0.29, 0.717) is 12.1 Å². The van der Waals surface area contributed by atoms with Gasteiger partial charge in [0.1, 0.15) is 11.5 Å². The van der Waals surface area contributed by atoms with E-state index in [1.807, 2.05) is 29.9 Å². The van der Waals surface area contributed by atoms with E-state index < -0.39 is 0 Å². The van der Waals surface area contributed by atoms with Gasteiger partial charge in [-0.05, 0) is 19.1 Å². The summed E-state index contributed by atoms with van der Waals surface area (Å²) in [5.41, 5.74) is 2.49. The lowest BCUT2D eigenvalue weighted by atomic mass is 10.2. The average molecular weight is 402 g/mol. The standard InChI is InChI=1S/C20H24FN5OS/c1-15-19(28-20(23-15)22-14-16-4-2-3-5-17(16)21)18-6-7-26(24-18)9-8-25-10-12-27-13-11-25/h2-7H,8-14H2,1H3,(H,22,23). The van der Waals surface area contributed by atoms with Crippen LogP contribution in [0.25, 0.3) is 10.6 Å². The van der Waals surface area contributed by atoms with E-state index in [-0.39, 0.29) is 5.82 Å². The molecule has 1 N–H and O–H groups in total. The molecule has 1 saturated heterocycles. The van der Waals surface area contributed by atoms with Crippen molar-refractivity contribution in [1.82, 2.24) is 19.7 Å². The molecule has 28 heavy (non-hydrogen) atoms. The Kier molecular flexibility index (Phi) is 5.99. The highest BCUT2D eigenvalue weighted by atomic mass is 32.1. The number of halogens is 1. The number of benzene rings is 1. The van der Waals surface area contributed by atoms with Crippen LogP contribution < -0.4 is 5.32 Å².